The minimum absolute atomic E-state index is 0.242. The van der Waals surface area contributed by atoms with Crippen molar-refractivity contribution in [3.05, 3.63) is 101 Å². The van der Waals surface area contributed by atoms with E-state index in [4.69, 9.17) is 0 Å². The largest absolute Gasteiger partial charge is 0.375 e. The summed E-state index contributed by atoms with van der Waals surface area (Å²) in [6.45, 7) is 2.50. The molecule has 0 saturated carbocycles. The molecule has 0 radical (unpaired) electrons. The topological polar surface area (TPSA) is 57.6 Å². The van der Waals surface area contributed by atoms with Crippen LogP contribution in [0.5, 0.6) is 0 Å². The van der Waals surface area contributed by atoms with E-state index in [-0.39, 0.29) is 12.2 Å². The smallest absolute Gasteiger partial charge is 0.264 e. The number of nitrogens with zero attached hydrogens (tertiary/aromatic N) is 1. The second-order valence-corrected chi connectivity index (χ2v) is 7.72. The van der Waals surface area contributed by atoms with Gasteiger partial charge < -0.3 is 10.0 Å². The quantitative estimate of drug-likeness (QED) is 0.603. The SMILES string of the molecule is CCc1ccc(C(=O)CC2(O)C(=O)N(CCc3ccccc3)c3ccccc32)cc1. The molecule has 0 spiro atoms. The van der Waals surface area contributed by atoms with Crippen LogP contribution < -0.4 is 4.90 Å². The Morgan fingerprint density at radius 1 is 0.900 bits per heavy atom. The summed E-state index contributed by atoms with van der Waals surface area (Å²) >= 11 is 0. The van der Waals surface area contributed by atoms with Crippen LogP contribution in [0.4, 0.5) is 5.69 Å². The van der Waals surface area contributed by atoms with Crippen LogP contribution in [-0.2, 0) is 23.2 Å². The number of fused-ring (bicyclic) bond motifs is 1. The molecule has 4 nitrogen and oxygen atoms in total. The maximum atomic E-state index is 13.3. The molecular weight excluding hydrogens is 374 g/mol. The number of hydrogen-bond acceptors (Lipinski definition) is 3. The standard InChI is InChI=1S/C26H25NO3/c1-2-19-12-14-21(15-13-19)24(28)18-26(30)22-10-6-7-11-23(22)27(25(26)29)17-16-20-8-4-3-5-9-20/h3-15,30H,2,16-18H2,1H3. The molecule has 1 heterocycles. The normalized spacial score (nSPS) is 17.8. The van der Waals surface area contributed by atoms with Crippen molar-refractivity contribution >= 4 is 17.4 Å². The molecule has 30 heavy (non-hydrogen) atoms. The maximum absolute atomic E-state index is 13.3. The predicted molar refractivity (Wildman–Crippen MR) is 118 cm³/mol. The van der Waals surface area contributed by atoms with Crippen molar-refractivity contribution in [1.29, 1.82) is 0 Å². The van der Waals surface area contributed by atoms with E-state index in [2.05, 4.69) is 6.92 Å². The number of para-hydroxylation sites is 1. The summed E-state index contributed by atoms with van der Waals surface area (Å²) in [5.74, 6) is -0.675. The molecule has 4 rings (SSSR count). The van der Waals surface area contributed by atoms with Crippen molar-refractivity contribution in [3.63, 3.8) is 0 Å². The van der Waals surface area contributed by atoms with Crippen molar-refractivity contribution in [2.75, 3.05) is 11.4 Å². The highest BCUT2D eigenvalue weighted by molar-refractivity contribution is 6.10. The lowest BCUT2D eigenvalue weighted by molar-refractivity contribution is -0.135. The first-order valence-electron chi connectivity index (χ1n) is 10.3. The van der Waals surface area contributed by atoms with Gasteiger partial charge >= 0.3 is 0 Å². The number of carbonyl (C=O) groups excluding carboxylic acids is 2. The van der Waals surface area contributed by atoms with Gasteiger partial charge in [-0.05, 0) is 30.0 Å². The number of rotatable bonds is 7. The average molecular weight is 399 g/mol. The minimum atomic E-state index is -1.84. The van der Waals surface area contributed by atoms with Crippen molar-refractivity contribution < 1.29 is 14.7 Å². The number of aryl methyl sites for hydroxylation is 1. The van der Waals surface area contributed by atoms with Gasteiger partial charge in [0.05, 0.1) is 12.1 Å². The molecule has 3 aromatic rings. The Balaban J connectivity index is 1.59. The molecule has 0 aromatic heterocycles. The van der Waals surface area contributed by atoms with E-state index in [0.29, 0.717) is 29.8 Å². The molecule has 1 amide bonds. The Morgan fingerprint density at radius 2 is 1.57 bits per heavy atom. The number of anilines is 1. The highest BCUT2D eigenvalue weighted by Crippen LogP contribution is 2.42. The van der Waals surface area contributed by atoms with Crippen LogP contribution in [-0.4, -0.2) is 23.3 Å². The Labute approximate surface area is 176 Å². The molecular formula is C26H25NO3. The highest BCUT2D eigenvalue weighted by atomic mass is 16.3. The summed E-state index contributed by atoms with van der Waals surface area (Å²) in [6.07, 6.45) is 1.29. The number of ketones is 1. The number of aliphatic hydroxyl groups is 1. The lowest BCUT2D eigenvalue weighted by Crippen LogP contribution is -2.42. The molecule has 0 bridgehead atoms. The minimum Gasteiger partial charge on any atom is -0.375 e. The first kappa shape index (κ1) is 20.0. The van der Waals surface area contributed by atoms with Crippen LogP contribution in [0.25, 0.3) is 0 Å². The second-order valence-electron chi connectivity index (χ2n) is 7.72. The van der Waals surface area contributed by atoms with Crippen LogP contribution in [0.1, 0.15) is 40.4 Å². The molecule has 152 valence electrons. The fourth-order valence-electron chi connectivity index (χ4n) is 4.05. The highest BCUT2D eigenvalue weighted by Gasteiger charge is 2.50. The third kappa shape index (κ3) is 3.66. The summed E-state index contributed by atoms with van der Waals surface area (Å²) in [5, 5.41) is 11.4. The molecule has 3 aromatic carbocycles. The zero-order valence-corrected chi connectivity index (χ0v) is 17.0. The van der Waals surface area contributed by atoms with Crippen LogP contribution >= 0.6 is 0 Å². The van der Waals surface area contributed by atoms with E-state index >= 15 is 0 Å². The fraction of sp³-hybridized carbons (Fsp3) is 0.231. The van der Waals surface area contributed by atoms with Gasteiger partial charge in [0.1, 0.15) is 0 Å². The van der Waals surface area contributed by atoms with Crippen molar-refractivity contribution in [3.8, 4) is 0 Å². The van der Waals surface area contributed by atoms with Gasteiger partial charge in [-0.25, -0.2) is 0 Å². The first-order chi connectivity index (χ1) is 14.5. The van der Waals surface area contributed by atoms with E-state index in [1.807, 2.05) is 54.6 Å². The van der Waals surface area contributed by atoms with Crippen LogP contribution in [0.2, 0.25) is 0 Å². The second kappa shape index (κ2) is 8.25. The summed E-state index contributed by atoms with van der Waals surface area (Å²) in [7, 11) is 0. The van der Waals surface area contributed by atoms with Gasteiger partial charge in [-0.2, -0.15) is 0 Å². The molecule has 0 saturated heterocycles. The zero-order valence-electron chi connectivity index (χ0n) is 17.0. The maximum Gasteiger partial charge on any atom is 0.264 e. The summed E-state index contributed by atoms with van der Waals surface area (Å²) < 4.78 is 0. The van der Waals surface area contributed by atoms with E-state index in [9.17, 15) is 14.7 Å². The zero-order chi connectivity index (χ0) is 21.1. The van der Waals surface area contributed by atoms with E-state index < -0.39 is 11.5 Å². The number of benzene rings is 3. The van der Waals surface area contributed by atoms with Crippen LogP contribution in [0, 0.1) is 0 Å². The fourth-order valence-corrected chi connectivity index (χ4v) is 4.05. The molecule has 0 fully saturated rings. The summed E-state index contributed by atoms with van der Waals surface area (Å²) in [6, 6.07) is 24.5. The van der Waals surface area contributed by atoms with Gasteiger partial charge in [-0.15, -0.1) is 0 Å². The third-order valence-corrected chi connectivity index (χ3v) is 5.81. The Bertz CT molecular complexity index is 1060. The number of amides is 1. The summed E-state index contributed by atoms with van der Waals surface area (Å²) in [4.78, 5) is 27.8. The lowest BCUT2D eigenvalue weighted by Gasteiger charge is -2.23. The molecule has 1 atom stereocenters. The number of Topliss-reactive ketones (excluding diaryl/α,β-unsaturated/α-hetero) is 1. The van der Waals surface area contributed by atoms with Crippen molar-refractivity contribution in [2.45, 2.75) is 31.8 Å². The van der Waals surface area contributed by atoms with Crippen LogP contribution in [0.15, 0.2) is 78.9 Å². The van der Waals surface area contributed by atoms with E-state index in [1.54, 1.807) is 29.2 Å². The van der Waals surface area contributed by atoms with Gasteiger partial charge in [-0.3, -0.25) is 9.59 Å². The molecule has 1 unspecified atom stereocenters. The number of carbonyl (C=O) groups is 2. The third-order valence-electron chi connectivity index (χ3n) is 5.81. The molecule has 1 aliphatic rings. The lowest BCUT2D eigenvalue weighted by atomic mass is 9.88. The Kier molecular flexibility index (Phi) is 5.51. The Morgan fingerprint density at radius 3 is 2.27 bits per heavy atom. The molecule has 1 aliphatic heterocycles. The van der Waals surface area contributed by atoms with Crippen LogP contribution in [0.3, 0.4) is 0 Å². The van der Waals surface area contributed by atoms with Gasteiger partial charge in [0.2, 0.25) is 0 Å². The van der Waals surface area contributed by atoms with E-state index in [1.165, 1.54) is 0 Å². The first-order valence-corrected chi connectivity index (χ1v) is 10.3. The monoisotopic (exact) mass is 399 g/mol. The molecule has 0 aliphatic carbocycles. The van der Waals surface area contributed by atoms with Crippen molar-refractivity contribution in [1.82, 2.24) is 0 Å². The van der Waals surface area contributed by atoms with Gasteiger partial charge in [0.15, 0.2) is 11.4 Å². The average Bonchev–Trinajstić information content (AvgIpc) is 3.00. The van der Waals surface area contributed by atoms with Gasteiger partial charge in [-0.1, -0.05) is 79.7 Å². The molecule has 1 N–H and O–H groups in total. The Hall–Kier alpha value is -3.24. The van der Waals surface area contributed by atoms with Gasteiger partial charge in [0, 0.05) is 17.7 Å². The van der Waals surface area contributed by atoms with Crippen molar-refractivity contribution in [2.24, 2.45) is 0 Å². The molecule has 4 heteroatoms. The van der Waals surface area contributed by atoms with E-state index in [0.717, 1.165) is 17.5 Å². The number of hydrogen-bond donors (Lipinski definition) is 1. The summed E-state index contributed by atoms with van der Waals surface area (Å²) in [5.41, 5.74) is 2.10. The van der Waals surface area contributed by atoms with Gasteiger partial charge in [0.25, 0.3) is 5.91 Å². The predicted octanol–water partition coefficient (Wildman–Crippen LogP) is 4.30.